The summed E-state index contributed by atoms with van der Waals surface area (Å²) in [7, 11) is 1.46. The molecule has 1 saturated heterocycles. The highest BCUT2D eigenvalue weighted by Crippen LogP contribution is 2.41. The van der Waals surface area contributed by atoms with E-state index < -0.39 is 41.7 Å². The lowest BCUT2D eigenvalue weighted by molar-refractivity contribution is -0.138. The van der Waals surface area contributed by atoms with Crippen LogP contribution < -0.4 is 11.0 Å². The van der Waals surface area contributed by atoms with Gasteiger partial charge in [0.1, 0.15) is 18.0 Å². The van der Waals surface area contributed by atoms with Gasteiger partial charge in [-0.15, -0.1) is 0 Å². The van der Waals surface area contributed by atoms with Crippen molar-refractivity contribution in [3.05, 3.63) is 81.5 Å². The number of benzene rings is 1. The number of hydrogen-bond acceptors (Lipinski definition) is 5. The van der Waals surface area contributed by atoms with Crippen LogP contribution in [0.4, 0.5) is 8.78 Å². The van der Waals surface area contributed by atoms with Crippen molar-refractivity contribution < 1.29 is 18.4 Å². The number of nitrogens with one attached hydrogen (secondary N) is 2. The van der Waals surface area contributed by atoms with E-state index in [1.807, 2.05) is 6.07 Å². The van der Waals surface area contributed by atoms with Gasteiger partial charge in [-0.25, -0.2) is 19.3 Å². The molecule has 1 saturated carbocycles. The largest absolute Gasteiger partial charge is 0.343 e. The Morgan fingerprint density at radius 1 is 1.19 bits per heavy atom. The number of halogens is 2. The van der Waals surface area contributed by atoms with Gasteiger partial charge in [-0.3, -0.25) is 14.2 Å². The maximum atomic E-state index is 14.8. The third-order valence-electron chi connectivity index (χ3n) is 6.79. The number of carbonyl (C=O) groups excluding carboxylic acids is 2. The second-order valence-corrected chi connectivity index (χ2v) is 9.32. The number of H-pyrrole nitrogens is 1. The van der Waals surface area contributed by atoms with Gasteiger partial charge in [-0.05, 0) is 30.4 Å². The first-order valence-corrected chi connectivity index (χ1v) is 11.9. The van der Waals surface area contributed by atoms with Gasteiger partial charge >= 0.3 is 5.69 Å². The van der Waals surface area contributed by atoms with E-state index in [0.29, 0.717) is 16.8 Å². The van der Waals surface area contributed by atoms with Crippen molar-refractivity contribution in [1.29, 1.82) is 0 Å². The second-order valence-electron chi connectivity index (χ2n) is 9.32. The number of nitrogens with zero attached hydrogens (tertiary/aromatic N) is 4. The predicted octanol–water partition coefficient (Wildman–Crippen LogP) is 1.91. The summed E-state index contributed by atoms with van der Waals surface area (Å²) in [6, 6.07) is 10.5. The van der Waals surface area contributed by atoms with Gasteiger partial charge < -0.3 is 10.2 Å². The zero-order valence-corrected chi connectivity index (χ0v) is 19.7. The van der Waals surface area contributed by atoms with E-state index in [-0.39, 0.29) is 31.1 Å². The van der Waals surface area contributed by atoms with Crippen LogP contribution in [0.3, 0.4) is 0 Å². The summed E-state index contributed by atoms with van der Waals surface area (Å²) in [4.78, 5) is 43.3. The highest BCUT2D eigenvalue weighted by Gasteiger charge is 2.41. The van der Waals surface area contributed by atoms with Crippen LogP contribution >= 0.6 is 0 Å². The zero-order valence-electron chi connectivity index (χ0n) is 19.7. The van der Waals surface area contributed by atoms with Gasteiger partial charge in [0.15, 0.2) is 0 Å². The molecule has 1 aliphatic heterocycles. The quantitative estimate of drug-likeness (QED) is 0.485. The van der Waals surface area contributed by atoms with E-state index in [1.54, 1.807) is 36.4 Å². The fourth-order valence-electron chi connectivity index (χ4n) is 4.61. The monoisotopic (exact) mass is 496 g/mol. The van der Waals surface area contributed by atoms with Gasteiger partial charge in [-0.2, -0.15) is 9.49 Å². The molecule has 2 amide bonds. The van der Waals surface area contributed by atoms with Crippen LogP contribution in [0.15, 0.2) is 47.3 Å². The number of pyridine rings is 1. The highest BCUT2D eigenvalue weighted by atomic mass is 19.1. The molecule has 2 aromatic heterocycles. The lowest BCUT2D eigenvalue weighted by Gasteiger charge is -2.26. The van der Waals surface area contributed by atoms with Crippen molar-refractivity contribution in [3.8, 4) is 0 Å². The summed E-state index contributed by atoms with van der Waals surface area (Å²) >= 11 is 0. The van der Waals surface area contributed by atoms with Gasteiger partial charge in [0.2, 0.25) is 17.8 Å². The van der Waals surface area contributed by atoms with Crippen molar-refractivity contribution >= 4 is 11.8 Å². The molecule has 36 heavy (non-hydrogen) atoms. The molecule has 1 aromatic carbocycles. The SMILES string of the molecule is Cn1c(CC(=O)N2CC(F)CC2C(=O)NC(c2ccccc2)c2ccc(C3CC3)c(F)n2)n[nH]c1=O. The molecule has 5 rings (SSSR count). The fraction of sp³-hybridized carbons (Fsp3) is 0.400. The number of carbonyl (C=O) groups is 2. The number of hydrogen-bond donors (Lipinski definition) is 2. The molecule has 3 aromatic rings. The van der Waals surface area contributed by atoms with E-state index in [9.17, 15) is 23.2 Å². The molecule has 2 N–H and O–H groups in total. The van der Waals surface area contributed by atoms with Gasteiger partial charge in [0.05, 0.1) is 24.7 Å². The second kappa shape index (κ2) is 9.63. The van der Waals surface area contributed by atoms with Crippen molar-refractivity contribution in [1.82, 2.24) is 30.0 Å². The van der Waals surface area contributed by atoms with Crippen LogP contribution in [0, 0.1) is 5.95 Å². The Labute approximate surface area is 205 Å². The summed E-state index contributed by atoms with van der Waals surface area (Å²) in [6.07, 6.45) is 0.0547. The maximum Gasteiger partial charge on any atom is 0.343 e. The molecule has 3 heterocycles. The number of aromatic amines is 1. The molecule has 3 unspecified atom stereocenters. The standard InChI is InChI=1S/C25H26F2N6O3/c1-32-20(30-31-25(32)36)12-21(34)33-13-16(26)11-19(33)24(35)29-22(15-5-3-2-4-6-15)18-10-9-17(14-7-8-14)23(27)28-18/h2-6,9-10,14,16,19,22H,7-8,11-13H2,1H3,(H,29,35)(H,31,36). The molecule has 1 aliphatic carbocycles. The molecule has 11 heteroatoms. The van der Waals surface area contributed by atoms with Gasteiger partial charge in [0, 0.05) is 19.0 Å². The van der Waals surface area contributed by atoms with Crippen LogP contribution in [-0.4, -0.2) is 55.2 Å². The van der Waals surface area contributed by atoms with E-state index in [2.05, 4.69) is 20.5 Å². The first-order valence-electron chi connectivity index (χ1n) is 11.9. The third-order valence-corrected chi connectivity index (χ3v) is 6.79. The number of amides is 2. The Morgan fingerprint density at radius 3 is 2.58 bits per heavy atom. The smallest absolute Gasteiger partial charge is 0.342 e. The predicted molar refractivity (Wildman–Crippen MR) is 125 cm³/mol. The minimum Gasteiger partial charge on any atom is -0.342 e. The van der Waals surface area contributed by atoms with Gasteiger partial charge in [-0.1, -0.05) is 36.4 Å². The van der Waals surface area contributed by atoms with E-state index in [1.165, 1.54) is 16.5 Å². The van der Waals surface area contributed by atoms with Gasteiger partial charge in [0.25, 0.3) is 0 Å². The molecule has 0 radical (unpaired) electrons. The molecular formula is C25H26F2N6O3. The number of alkyl halides is 1. The zero-order chi connectivity index (χ0) is 25.4. The lowest BCUT2D eigenvalue weighted by Crippen LogP contribution is -2.47. The Hall–Kier alpha value is -3.89. The summed E-state index contributed by atoms with van der Waals surface area (Å²) in [6.45, 7) is -0.242. The normalized spacial score (nSPS) is 20.4. The first kappa shape index (κ1) is 23.8. The van der Waals surface area contributed by atoms with E-state index in [0.717, 1.165) is 12.8 Å². The van der Waals surface area contributed by atoms with E-state index in [4.69, 9.17) is 0 Å². The summed E-state index contributed by atoms with van der Waals surface area (Å²) in [5.74, 6) is -1.28. The van der Waals surface area contributed by atoms with Crippen LogP contribution in [-0.2, 0) is 23.1 Å². The number of rotatable bonds is 7. The van der Waals surface area contributed by atoms with Crippen LogP contribution in [0.1, 0.15) is 53.9 Å². The van der Waals surface area contributed by atoms with Crippen LogP contribution in [0.5, 0.6) is 0 Å². The molecule has 188 valence electrons. The third kappa shape index (κ3) is 4.77. The first-order chi connectivity index (χ1) is 17.3. The molecule has 2 fully saturated rings. The van der Waals surface area contributed by atoms with Crippen molar-refractivity contribution in [2.24, 2.45) is 7.05 Å². The molecule has 9 nitrogen and oxygen atoms in total. The van der Waals surface area contributed by atoms with Crippen molar-refractivity contribution in [2.45, 2.75) is 49.9 Å². The number of likely N-dealkylation sites (tertiary alicyclic amines) is 1. The molecule has 3 atom stereocenters. The summed E-state index contributed by atoms with van der Waals surface area (Å²) < 4.78 is 30.4. The minimum absolute atomic E-state index is 0.166. The molecule has 0 bridgehead atoms. The topological polar surface area (TPSA) is 113 Å². The molecule has 2 aliphatic rings. The Morgan fingerprint density at radius 2 is 1.94 bits per heavy atom. The van der Waals surface area contributed by atoms with Crippen LogP contribution in [0.25, 0.3) is 0 Å². The fourth-order valence-corrected chi connectivity index (χ4v) is 4.61. The Kier molecular flexibility index (Phi) is 6.38. The average Bonchev–Trinajstić information content (AvgIpc) is 3.57. The maximum absolute atomic E-state index is 14.8. The Bertz CT molecular complexity index is 1340. The Balaban J connectivity index is 1.38. The summed E-state index contributed by atoms with van der Waals surface area (Å²) in [5.41, 5.74) is 1.08. The highest BCUT2D eigenvalue weighted by molar-refractivity contribution is 5.89. The summed E-state index contributed by atoms with van der Waals surface area (Å²) in [5, 5.41) is 8.93. The van der Waals surface area contributed by atoms with E-state index >= 15 is 0 Å². The average molecular weight is 497 g/mol. The molecule has 0 spiro atoms. The van der Waals surface area contributed by atoms with Crippen LogP contribution in [0.2, 0.25) is 0 Å². The lowest BCUT2D eigenvalue weighted by atomic mass is 10.0. The van der Waals surface area contributed by atoms with Crippen molar-refractivity contribution in [2.75, 3.05) is 6.54 Å². The minimum atomic E-state index is -1.38. The molecular weight excluding hydrogens is 470 g/mol. The van der Waals surface area contributed by atoms with Crippen molar-refractivity contribution in [3.63, 3.8) is 0 Å². The number of aromatic nitrogens is 4.